The number of nitrogens with zero attached hydrogens (tertiary/aromatic N) is 2. The van der Waals surface area contributed by atoms with Crippen LogP contribution in [-0.2, 0) is 19.1 Å². The molecular weight excluding hydrogens is 388 g/mol. The van der Waals surface area contributed by atoms with Crippen molar-refractivity contribution >= 4 is 17.8 Å². The largest absolute Gasteiger partial charge is 0.481 e. The topological polar surface area (TPSA) is 107 Å². The molecule has 0 aromatic rings. The van der Waals surface area contributed by atoms with Crippen molar-refractivity contribution in [1.29, 1.82) is 0 Å². The van der Waals surface area contributed by atoms with E-state index in [1.54, 1.807) is 17.9 Å². The first-order valence-corrected chi connectivity index (χ1v) is 10.7. The first kappa shape index (κ1) is 22.7. The molecule has 2 unspecified atom stereocenters. The minimum absolute atomic E-state index is 0.00782. The van der Waals surface area contributed by atoms with Gasteiger partial charge in [-0.3, -0.25) is 14.4 Å². The first-order chi connectivity index (χ1) is 13.9. The second kappa shape index (κ2) is 7.64. The summed E-state index contributed by atoms with van der Waals surface area (Å²) in [5, 5.41) is 19.1. The molecule has 5 atom stereocenters. The fraction of sp³-hybridized carbons (Fsp3) is 0.773. The third-order valence-electron chi connectivity index (χ3n) is 6.97. The number of likely N-dealkylation sites (tertiary alicyclic amines) is 1. The highest BCUT2D eigenvalue weighted by molar-refractivity contribution is 5.98. The Morgan fingerprint density at radius 1 is 1.33 bits per heavy atom. The van der Waals surface area contributed by atoms with Crippen molar-refractivity contribution in [1.82, 2.24) is 9.80 Å². The van der Waals surface area contributed by atoms with Crippen molar-refractivity contribution in [2.75, 3.05) is 19.7 Å². The summed E-state index contributed by atoms with van der Waals surface area (Å²) in [5.41, 5.74) is -2.59. The normalized spacial score (nSPS) is 34.9. The predicted octanol–water partition coefficient (Wildman–Crippen LogP) is 1.42. The average Bonchev–Trinajstić information content (AvgIpc) is 3.20. The molecule has 30 heavy (non-hydrogen) atoms. The number of hydrogen-bond acceptors (Lipinski definition) is 5. The zero-order chi connectivity index (χ0) is 22.5. The molecule has 0 saturated carbocycles. The van der Waals surface area contributed by atoms with Gasteiger partial charge in [0, 0.05) is 25.2 Å². The smallest absolute Gasteiger partial charge is 0.310 e. The summed E-state index contributed by atoms with van der Waals surface area (Å²) in [6, 6.07) is -0.876. The van der Waals surface area contributed by atoms with Crippen LogP contribution < -0.4 is 0 Å². The highest BCUT2D eigenvalue weighted by Gasteiger charge is 2.78. The van der Waals surface area contributed by atoms with Crippen molar-refractivity contribution in [2.45, 2.75) is 76.2 Å². The van der Waals surface area contributed by atoms with E-state index in [2.05, 4.69) is 6.58 Å². The number of aliphatic carboxylic acids is 1. The van der Waals surface area contributed by atoms with Crippen LogP contribution in [0.2, 0.25) is 0 Å². The molecule has 3 aliphatic heterocycles. The summed E-state index contributed by atoms with van der Waals surface area (Å²) in [7, 11) is 0. The third kappa shape index (κ3) is 3.24. The lowest BCUT2D eigenvalue weighted by Gasteiger charge is -2.42. The lowest BCUT2D eigenvalue weighted by Crippen LogP contribution is -2.60. The van der Waals surface area contributed by atoms with E-state index in [4.69, 9.17) is 9.84 Å². The molecule has 0 aromatic heterocycles. The third-order valence-corrected chi connectivity index (χ3v) is 6.97. The van der Waals surface area contributed by atoms with Gasteiger partial charge in [-0.15, -0.1) is 6.58 Å². The lowest BCUT2D eigenvalue weighted by atomic mass is 9.66. The van der Waals surface area contributed by atoms with Gasteiger partial charge in [0.25, 0.3) is 0 Å². The van der Waals surface area contributed by atoms with Gasteiger partial charge < -0.3 is 24.7 Å². The lowest BCUT2D eigenvalue weighted by molar-refractivity contribution is -0.157. The molecular formula is C22H34N2O6. The number of carboxylic acid groups (broad SMARTS) is 1. The molecule has 2 bridgehead atoms. The van der Waals surface area contributed by atoms with Crippen LogP contribution in [0.25, 0.3) is 0 Å². The van der Waals surface area contributed by atoms with Crippen LogP contribution in [0.5, 0.6) is 0 Å². The minimum Gasteiger partial charge on any atom is -0.481 e. The fourth-order valence-electron chi connectivity index (χ4n) is 5.69. The highest BCUT2D eigenvalue weighted by Crippen LogP contribution is 2.63. The molecule has 3 fully saturated rings. The van der Waals surface area contributed by atoms with Crippen molar-refractivity contribution in [3.8, 4) is 0 Å². The van der Waals surface area contributed by atoms with Crippen LogP contribution >= 0.6 is 0 Å². The van der Waals surface area contributed by atoms with Gasteiger partial charge >= 0.3 is 5.97 Å². The number of carbonyl (C=O) groups is 3. The van der Waals surface area contributed by atoms with Gasteiger partial charge in [-0.25, -0.2) is 0 Å². The Balaban J connectivity index is 2.07. The van der Waals surface area contributed by atoms with Crippen molar-refractivity contribution < 1.29 is 29.3 Å². The summed E-state index contributed by atoms with van der Waals surface area (Å²) in [4.78, 5) is 42.7. The second-order valence-electron chi connectivity index (χ2n) is 9.94. The molecule has 3 aliphatic rings. The summed E-state index contributed by atoms with van der Waals surface area (Å²) >= 11 is 0. The highest BCUT2D eigenvalue weighted by atomic mass is 16.5. The molecule has 1 spiro atoms. The molecule has 3 heterocycles. The molecule has 0 aromatic carbocycles. The molecule has 3 rings (SSSR count). The van der Waals surface area contributed by atoms with Gasteiger partial charge in [-0.1, -0.05) is 6.08 Å². The number of ether oxygens (including phenoxy) is 1. The number of amides is 2. The van der Waals surface area contributed by atoms with Gasteiger partial charge in [0.1, 0.15) is 11.6 Å². The average molecular weight is 423 g/mol. The van der Waals surface area contributed by atoms with Crippen LogP contribution in [0.4, 0.5) is 0 Å². The van der Waals surface area contributed by atoms with E-state index in [0.29, 0.717) is 32.2 Å². The summed E-state index contributed by atoms with van der Waals surface area (Å²) in [6.07, 6.45) is 3.65. The zero-order valence-corrected chi connectivity index (χ0v) is 18.4. The molecule has 0 aliphatic carbocycles. The van der Waals surface area contributed by atoms with Crippen molar-refractivity contribution in [3.05, 3.63) is 12.7 Å². The Labute approximate surface area is 177 Å². The van der Waals surface area contributed by atoms with Gasteiger partial charge in [-0.2, -0.15) is 0 Å². The van der Waals surface area contributed by atoms with E-state index >= 15 is 0 Å². The Morgan fingerprint density at radius 3 is 2.53 bits per heavy atom. The van der Waals surface area contributed by atoms with Crippen LogP contribution in [0.1, 0.15) is 53.4 Å². The number of aliphatic hydroxyl groups excluding tert-OH is 1. The summed E-state index contributed by atoms with van der Waals surface area (Å²) < 4.78 is 6.36. The Hall–Kier alpha value is -1.93. The first-order valence-electron chi connectivity index (χ1n) is 10.7. The van der Waals surface area contributed by atoms with E-state index in [1.165, 1.54) is 4.90 Å². The number of unbranched alkanes of at least 4 members (excludes halogenated alkanes) is 1. The molecule has 2 amide bonds. The SMILES string of the molecule is C=CCN(C(=O)C1N(CCCCO)C(=O)[C@@H]2[C@@H](C(=O)O)[C@@]3(C)CCC12O3)C(C)(C)C. The maximum atomic E-state index is 13.9. The molecule has 2 N–H and O–H groups in total. The Morgan fingerprint density at radius 2 is 2.00 bits per heavy atom. The van der Waals surface area contributed by atoms with Crippen LogP contribution in [-0.4, -0.2) is 80.3 Å². The van der Waals surface area contributed by atoms with Crippen molar-refractivity contribution in [2.24, 2.45) is 11.8 Å². The van der Waals surface area contributed by atoms with Crippen molar-refractivity contribution in [3.63, 3.8) is 0 Å². The van der Waals surface area contributed by atoms with Gasteiger partial charge in [-0.05, 0) is 53.4 Å². The van der Waals surface area contributed by atoms with E-state index in [0.717, 1.165) is 0 Å². The van der Waals surface area contributed by atoms with Gasteiger partial charge in [0.15, 0.2) is 0 Å². The number of carboxylic acids is 1. The predicted molar refractivity (Wildman–Crippen MR) is 110 cm³/mol. The maximum absolute atomic E-state index is 13.9. The van der Waals surface area contributed by atoms with Gasteiger partial charge in [0.05, 0.1) is 17.4 Å². The van der Waals surface area contributed by atoms with Crippen LogP contribution in [0, 0.1) is 11.8 Å². The quantitative estimate of drug-likeness (QED) is 0.453. The molecule has 8 nitrogen and oxygen atoms in total. The number of carbonyl (C=O) groups excluding carboxylic acids is 2. The van der Waals surface area contributed by atoms with E-state index in [1.807, 2.05) is 20.8 Å². The number of rotatable bonds is 8. The number of hydrogen-bond donors (Lipinski definition) is 2. The zero-order valence-electron chi connectivity index (χ0n) is 18.4. The van der Waals surface area contributed by atoms with E-state index in [9.17, 15) is 19.5 Å². The van der Waals surface area contributed by atoms with E-state index < -0.39 is 40.6 Å². The maximum Gasteiger partial charge on any atom is 0.310 e. The molecule has 0 radical (unpaired) electrons. The summed E-state index contributed by atoms with van der Waals surface area (Å²) in [5.74, 6) is -3.46. The van der Waals surface area contributed by atoms with Crippen LogP contribution in [0.3, 0.4) is 0 Å². The summed E-state index contributed by atoms with van der Waals surface area (Å²) in [6.45, 7) is 11.9. The molecule has 168 valence electrons. The van der Waals surface area contributed by atoms with Crippen LogP contribution in [0.15, 0.2) is 12.7 Å². The number of aliphatic hydroxyl groups is 1. The Bertz CT molecular complexity index is 746. The molecule has 3 saturated heterocycles. The standard InChI is InChI=1S/C22H34N2O6/c1-6-11-24(20(2,3)4)18(27)16-22-10-9-21(5,30-22)15(19(28)29)14(22)17(26)23(16)12-7-8-13-25/h6,14-16,25H,1,7-13H2,2-5H3,(H,28,29)/t14-,15-,16?,21+,22?/m0/s1. The monoisotopic (exact) mass is 422 g/mol. The molecule has 8 heteroatoms. The fourth-order valence-corrected chi connectivity index (χ4v) is 5.69. The Kier molecular flexibility index (Phi) is 5.79. The van der Waals surface area contributed by atoms with E-state index in [-0.39, 0.29) is 25.0 Å². The second-order valence-corrected chi connectivity index (χ2v) is 9.94. The minimum atomic E-state index is -1.13. The van der Waals surface area contributed by atoms with Gasteiger partial charge in [0.2, 0.25) is 11.8 Å². The number of fused-ring (bicyclic) bond motifs is 1.